The Morgan fingerprint density at radius 2 is 2.06 bits per heavy atom. The monoisotopic (exact) mass is 312 g/mol. The van der Waals surface area contributed by atoms with Crippen molar-refractivity contribution in [2.45, 2.75) is 25.7 Å². The first-order valence-electron chi connectivity index (χ1n) is 5.61. The van der Waals surface area contributed by atoms with Gasteiger partial charge in [0.15, 0.2) is 0 Å². The van der Waals surface area contributed by atoms with Crippen LogP contribution in [0.2, 0.25) is 0 Å². The third kappa shape index (κ3) is 3.05. The lowest BCUT2D eigenvalue weighted by Crippen LogP contribution is -2.07. The normalized spacial score (nSPS) is 12.3. The second-order valence-corrected chi connectivity index (χ2v) is 7.36. The number of halogens is 1. The van der Waals surface area contributed by atoms with E-state index in [1.165, 1.54) is 10.3 Å². The van der Waals surface area contributed by atoms with E-state index in [1.807, 2.05) is 29.7 Å². The number of hydrogen-bond acceptors (Lipinski definition) is 2. The maximum absolute atomic E-state index is 4.28. The summed E-state index contributed by atoms with van der Waals surface area (Å²) in [5, 5.41) is 5.48. The van der Waals surface area contributed by atoms with Gasteiger partial charge in [0.1, 0.15) is 0 Å². The molecule has 17 heavy (non-hydrogen) atoms. The van der Waals surface area contributed by atoms with Gasteiger partial charge in [-0.3, -0.25) is 4.68 Å². The van der Waals surface area contributed by atoms with Crippen LogP contribution in [-0.4, -0.2) is 15.5 Å². The first kappa shape index (κ1) is 13.0. The predicted molar refractivity (Wildman–Crippen MR) is 78.6 cm³/mol. The molecule has 4 heteroatoms. The largest absolute Gasteiger partial charge is 0.267 e. The van der Waals surface area contributed by atoms with Gasteiger partial charge < -0.3 is 0 Å². The average Bonchev–Trinajstić information content (AvgIpc) is 2.57. The van der Waals surface area contributed by atoms with Crippen molar-refractivity contribution in [2.75, 3.05) is 5.75 Å². The van der Waals surface area contributed by atoms with Crippen LogP contribution in [0.1, 0.15) is 20.8 Å². The van der Waals surface area contributed by atoms with Crippen LogP contribution in [0.3, 0.4) is 0 Å². The molecular weight excluding hydrogens is 296 g/mol. The molecule has 1 heterocycles. The number of rotatable bonds is 2. The number of hydrogen-bond donors (Lipinski definition) is 0. The van der Waals surface area contributed by atoms with Gasteiger partial charge in [0.25, 0.3) is 0 Å². The maximum Gasteiger partial charge on any atom is 0.0821 e. The molecule has 0 bridgehead atoms. The second kappa shape index (κ2) is 4.65. The van der Waals surface area contributed by atoms with Crippen LogP contribution in [0.5, 0.6) is 0 Å². The van der Waals surface area contributed by atoms with Crippen molar-refractivity contribution >= 4 is 38.6 Å². The zero-order valence-electron chi connectivity index (χ0n) is 10.6. The highest BCUT2D eigenvalue weighted by atomic mass is 79.9. The Morgan fingerprint density at radius 3 is 2.71 bits per heavy atom. The van der Waals surface area contributed by atoms with Crippen LogP contribution in [0.25, 0.3) is 10.9 Å². The smallest absolute Gasteiger partial charge is 0.0821 e. The highest BCUT2D eigenvalue weighted by Crippen LogP contribution is 2.33. The van der Waals surface area contributed by atoms with Crippen molar-refractivity contribution < 1.29 is 0 Å². The summed E-state index contributed by atoms with van der Waals surface area (Å²) >= 11 is 5.52. The zero-order valence-corrected chi connectivity index (χ0v) is 13.0. The minimum Gasteiger partial charge on any atom is -0.267 e. The zero-order chi connectivity index (χ0) is 12.6. The molecule has 0 aliphatic rings. The fourth-order valence-electron chi connectivity index (χ4n) is 1.62. The number of fused-ring (bicyclic) bond motifs is 1. The van der Waals surface area contributed by atoms with E-state index in [4.69, 9.17) is 0 Å². The lowest BCUT2D eigenvalue weighted by molar-refractivity contribution is 0.481. The summed E-state index contributed by atoms with van der Waals surface area (Å²) in [6.45, 7) is 6.78. The van der Waals surface area contributed by atoms with Crippen molar-refractivity contribution in [1.82, 2.24) is 9.78 Å². The fraction of sp³-hybridized carbons (Fsp3) is 0.462. The van der Waals surface area contributed by atoms with Gasteiger partial charge in [-0.25, -0.2) is 0 Å². The van der Waals surface area contributed by atoms with E-state index in [2.05, 4.69) is 53.9 Å². The Balaban J connectivity index is 2.31. The predicted octanol–water partition coefficient (Wildman–Crippen LogP) is 4.47. The molecule has 2 rings (SSSR count). The Hall–Kier alpha value is -0.480. The van der Waals surface area contributed by atoms with E-state index in [-0.39, 0.29) is 0 Å². The van der Waals surface area contributed by atoms with E-state index in [1.54, 1.807) is 0 Å². The number of thioether (sulfide) groups is 1. The summed E-state index contributed by atoms with van der Waals surface area (Å²) < 4.78 is 3.02. The van der Waals surface area contributed by atoms with Crippen molar-refractivity contribution in [3.8, 4) is 0 Å². The Kier molecular flexibility index (Phi) is 3.55. The van der Waals surface area contributed by atoms with Gasteiger partial charge in [-0.1, -0.05) is 20.8 Å². The third-order valence-electron chi connectivity index (χ3n) is 2.43. The molecule has 2 nitrogen and oxygen atoms in total. The average molecular weight is 313 g/mol. The van der Waals surface area contributed by atoms with Crippen LogP contribution in [-0.2, 0) is 7.05 Å². The topological polar surface area (TPSA) is 17.8 Å². The molecule has 0 N–H and O–H groups in total. The molecule has 0 atom stereocenters. The number of nitrogens with zero attached hydrogens (tertiary/aromatic N) is 2. The molecule has 0 aliphatic carbocycles. The van der Waals surface area contributed by atoms with Crippen molar-refractivity contribution in [1.29, 1.82) is 0 Å². The number of benzene rings is 1. The Bertz CT molecular complexity index is 540. The van der Waals surface area contributed by atoms with Crippen molar-refractivity contribution in [3.63, 3.8) is 0 Å². The summed E-state index contributed by atoms with van der Waals surface area (Å²) in [5.41, 5.74) is 1.51. The van der Waals surface area contributed by atoms with E-state index >= 15 is 0 Å². The molecule has 0 spiro atoms. The van der Waals surface area contributed by atoms with Gasteiger partial charge in [0.05, 0.1) is 11.7 Å². The van der Waals surface area contributed by atoms with Gasteiger partial charge in [0, 0.05) is 27.6 Å². The summed E-state index contributed by atoms with van der Waals surface area (Å²) in [6.07, 6.45) is 1.92. The van der Waals surface area contributed by atoms with Crippen molar-refractivity contribution in [2.24, 2.45) is 12.5 Å². The minimum atomic E-state index is 0.348. The van der Waals surface area contributed by atoms with Crippen LogP contribution < -0.4 is 0 Å². The molecule has 2 aromatic rings. The van der Waals surface area contributed by atoms with E-state index in [0.29, 0.717) is 5.41 Å². The summed E-state index contributed by atoms with van der Waals surface area (Å²) in [4.78, 5) is 1.30. The lowest BCUT2D eigenvalue weighted by Gasteiger charge is -2.17. The van der Waals surface area contributed by atoms with Gasteiger partial charge in [-0.2, -0.15) is 5.10 Å². The Morgan fingerprint density at radius 1 is 1.35 bits per heavy atom. The van der Waals surface area contributed by atoms with Crippen LogP contribution >= 0.6 is 27.7 Å². The molecule has 0 radical (unpaired) electrons. The molecule has 0 fully saturated rings. The van der Waals surface area contributed by atoms with Crippen LogP contribution in [0.4, 0.5) is 0 Å². The maximum atomic E-state index is 4.28. The lowest BCUT2D eigenvalue weighted by atomic mass is 10.0. The summed E-state index contributed by atoms with van der Waals surface area (Å²) in [7, 11) is 1.97. The van der Waals surface area contributed by atoms with Gasteiger partial charge >= 0.3 is 0 Å². The van der Waals surface area contributed by atoms with Crippen LogP contribution in [0, 0.1) is 5.41 Å². The summed E-state index contributed by atoms with van der Waals surface area (Å²) in [5.74, 6) is 1.12. The fourth-order valence-corrected chi connectivity index (χ4v) is 3.52. The van der Waals surface area contributed by atoms with Gasteiger partial charge in [0.2, 0.25) is 0 Å². The second-order valence-electron chi connectivity index (χ2n) is 5.46. The first-order chi connectivity index (χ1) is 7.87. The standard InChI is InChI=1S/C13H17BrN2S/c1-13(2,3)8-17-10-5-9-7-15-16(4)12(9)11(14)6-10/h5-7H,8H2,1-4H3. The van der Waals surface area contributed by atoms with Gasteiger partial charge in [-0.15, -0.1) is 11.8 Å². The third-order valence-corrected chi connectivity index (χ3v) is 4.62. The molecule has 0 unspecified atom stereocenters. The first-order valence-corrected chi connectivity index (χ1v) is 7.39. The highest BCUT2D eigenvalue weighted by Gasteiger charge is 2.12. The molecule has 0 saturated heterocycles. The van der Waals surface area contributed by atoms with E-state index < -0.39 is 0 Å². The number of aromatic nitrogens is 2. The molecule has 1 aromatic carbocycles. The van der Waals surface area contributed by atoms with E-state index in [0.717, 1.165) is 15.7 Å². The van der Waals surface area contributed by atoms with Crippen molar-refractivity contribution in [3.05, 3.63) is 22.8 Å². The SMILES string of the molecule is Cn1ncc2cc(SCC(C)(C)C)cc(Br)c21. The quantitative estimate of drug-likeness (QED) is 0.761. The van der Waals surface area contributed by atoms with Gasteiger partial charge in [-0.05, 0) is 33.5 Å². The number of aryl methyl sites for hydroxylation is 1. The Labute approximate surface area is 115 Å². The molecule has 0 aliphatic heterocycles. The van der Waals surface area contributed by atoms with E-state index in [9.17, 15) is 0 Å². The minimum absolute atomic E-state index is 0.348. The molecule has 1 aromatic heterocycles. The van der Waals surface area contributed by atoms with Crippen LogP contribution in [0.15, 0.2) is 27.7 Å². The molecule has 92 valence electrons. The molecule has 0 amide bonds. The molecule has 0 saturated carbocycles. The summed E-state index contributed by atoms with van der Waals surface area (Å²) in [6, 6.07) is 4.39. The highest BCUT2D eigenvalue weighted by molar-refractivity contribution is 9.10. The molecular formula is C13H17BrN2S.